The van der Waals surface area contributed by atoms with Gasteiger partial charge in [-0.25, -0.2) is 0 Å². The van der Waals surface area contributed by atoms with Crippen LogP contribution < -0.4 is 0 Å². The van der Waals surface area contributed by atoms with Crippen molar-refractivity contribution in [2.24, 2.45) is 11.8 Å². The van der Waals surface area contributed by atoms with Gasteiger partial charge in [0.05, 0.1) is 12.2 Å². The Bertz CT molecular complexity index is 332. The maximum absolute atomic E-state index is 10.8. The van der Waals surface area contributed by atoms with E-state index in [1.807, 2.05) is 0 Å². The predicted octanol–water partition coefficient (Wildman–Crippen LogP) is 2.39. The highest BCUT2D eigenvalue weighted by Gasteiger charge is 2.36. The standard InChI is InChI=1S/C15H27NO5/c1-12(17)6-4-3-5-7-13-8-15(21-11-20-2)9-14(13)10-16(18)19/h5,7,12-15,17H,3-4,6,8-11H2,1-2H3/b7-5+/t12-,13+,14-,15-/m0/s1. The number of rotatable bonds is 10. The van der Waals surface area contributed by atoms with Gasteiger partial charge in [0.2, 0.25) is 6.54 Å². The zero-order chi connectivity index (χ0) is 15.7. The maximum Gasteiger partial charge on any atom is 0.207 e. The van der Waals surface area contributed by atoms with E-state index in [9.17, 15) is 15.2 Å². The van der Waals surface area contributed by atoms with Gasteiger partial charge in [0.25, 0.3) is 0 Å². The molecular formula is C15H27NO5. The van der Waals surface area contributed by atoms with E-state index in [0.717, 1.165) is 25.7 Å². The van der Waals surface area contributed by atoms with E-state index < -0.39 is 0 Å². The minimum atomic E-state index is -0.265. The largest absolute Gasteiger partial charge is 0.393 e. The smallest absolute Gasteiger partial charge is 0.207 e. The Morgan fingerprint density at radius 1 is 1.48 bits per heavy atom. The average molecular weight is 301 g/mol. The van der Waals surface area contributed by atoms with Crippen molar-refractivity contribution in [2.75, 3.05) is 20.4 Å². The van der Waals surface area contributed by atoms with Crippen molar-refractivity contribution < 1.29 is 19.5 Å². The van der Waals surface area contributed by atoms with Crippen molar-refractivity contribution >= 4 is 0 Å². The van der Waals surface area contributed by atoms with Crippen LogP contribution in [0.3, 0.4) is 0 Å². The Hall–Kier alpha value is -0.980. The summed E-state index contributed by atoms with van der Waals surface area (Å²) in [6.07, 6.45) is 8.10. The highest BCUT2D eigenvalue weighted by Crippen LogP contribution is 2.35. The molecule has 0 aromatic rings. The summed E-state index contributed by atoms with van der Waals surface area (Å²) >= 11 is 0. The molecule has 0 saturated heterocycles. The maximum atomic E-state index is 10.8. The van der Waals surface area contributed by atoms with Gasteiger partial charge < -0.3 is 14.6 Å². The quantitative estimate of drug-likeness (QED) is 0.220. The summed E-state index contributed by atoms with van der Waals surface area (Å²) < 4.78 is 10.4. The molecule has 0 bridgehead atoms. The van der Waals surface area contributed by atoms with E-state index in [-0.39, 0.29) is 42.3 Å². The van der Waals surface area contributed by atoms with Crippen LogP contribution in [0.1, 0.15) is 39.0 Å². The molecule has 21 heavy (non-hydrogen) atoms. The summed E-state index contributed by atoms with van der Waals surface area (Å²) in [4.78, 5) is 10.5. The second-order valence-corrected chi connectivity index (χ2v) is 5.81. The lowest BCUT2D eigenvalue weighted by Crippen LogP contribution is -2.17. The number of hydrogen-bond acceptors (Lipinski definition) is 5. The molecule has 4 atom stereocenters. The van der Waals surface area contributed by atoms with Crippen LogP contribution in [-0.2, 0) is 9.47 Å². The molecule has 0 heterocycles. The highest BCUT2D eigenvalue weighted by atomic mass is 16.7. The van der Waals surface area contributed by atoms with Crippen molar-refractivity contribution in [1.29, 1.82) is 0 Å². The SMILES string of the molecule is COCO[C@@H]1C[C@@H](C[N+](=O)[O-])[C@H](/C=C/CCC[C@H](C)O)C1. The summed E-state index contributed by atoms with van der Waals surface area (Å²) in [7, 11) is 1.57. The van der Waals surface area contributed by atoms with E-state index in [1.54, 1.807) is 14.0 Å². The molecule has 1 aliphatic rings. The summed E-state index contributed by atoms with van der Waals surface area (Å²) in [6, 6.07) is 0. The molecule has 1 N–H and O–H groups in total. The monoisotopic (exact) mass is 301 g/mol. The Balaban J connectivity index is 2.42. The summed E-state index contributed by atoms with van der Waals surface area (Å²) in [5.41, 5.74) is 0. The van der Waals surface area contributed by atoms with Crippen molar-refractivity contribution in [3.8, 4) is 0 Å². The topological polar surface area (TPSA) is 81.8 Å². The second kappa shape index (κ2) is 9.87. The van der Waals surface area contributed by atoms with E-state index in [2.05, 4.69) is 12.2 Å². The number of aliphatic hydroxyl groups excluding tert-OH is 1. The Morgan fingerprint density at radius 3 is 2.86 bits per heavy atom. The van der Waals surface area contributed by atoms with E-state index >= 15 is 0 Å². The average Bonchev–Trinajstić information content (AvgIpc) is 2.77. The van der Waals surface area contributed by atoms with E-state index in [1.165, 1.54) is 0 Å². The summed E-state index contributed by atoms with van der Waals surface area (Å²) in [5.74, 6) is 0.235. The number of nitro groups is 1. The Morgan fingerprint density at radius 2 is 2.24 bits per heavy atom. The van der Waals surface area contributed by atoms with Gasteiger partial charge in [0, 0.05) is 18.0 Å². The first-order chi connectivity index (χ1) is 10.0. The van der Waals surface area contributed by atoms with Crippen LogP contribution in [0.15, 0.2) is 12.2 Å². The fourth-order valence-corrected chi connectivity index (χ4v) is 2.84. The van der Waals surface area contributed by atoms with Crippen molar-refractivity contribution in [1.82, 2.24) is 0 Å². The minimum Gasteiger partial charge on any atom is -0.393 e. The van der Waals surface area contributed by atoms with Gasteiger partial charge in [-0.2, -0.15) is 0 Å². The van der Waals surface area contributed by atoms with Crippen molar-refractivity contribution in [3.63, 3.8) is 0 Å². The number of allylic oxidation sites excluding steroid dienone is 2. The van der Waals surface area contributed by atoms with E-state index in [0.29, 0.717) is 6.42 Å². The fourth-order valence-electron chi connectivity index (χ4n) is 2.84. The predicted molar refractivity (Wildman–Crippen MR) is 79.5 cm³/mol. The Labute approximate surface area is 126 Å². The molecule has 1 rings (SSSR count). The molecule has 0 spiro atoms. The number of aliphatic hydroxyl groups is 1. The van der Waals surface area contributed by atoms with Crippen LogP contribution in [-0.4, -0.2) is 42.7 Å². The second-order valence-electron chi connectivity index (χ2n) is 5.81. The molecule has 6 heteroatoms. The molecule has 1 saturated carbocycles. The number of unbranched alkanes of at least 4 members (excludes halogenated alkanes) is 1. The minimum absolute atomic E-state index is 0.00444. The third kappa shape index (κ3) is 7.55. The van der Waals surface area contributed by atoms with Crippen molar-refractivity contribution in [2.45, 2.75) is 51.2 Å². The lowest BCUT2D eigenvalue weighted by molar-refractivity contribution is -0.489. The molecule has 0 amide bonds. The third-order valence-electron chi connectivity index (χ3n) is 3.89. The molecule has 0 unspecified atom stereocenters. The normalized spacial score (nSPS) is 27.3. The molecule has 1 fully saturated rings. The van der Waals surface area contributed by atoms with Gasteiger partial charge in [0.1, 0.15) is 6.79 Å². The van der Waals surface area contributed by atoms with Gasteiger partial charge in [-0.1, -0.05) is 12.2 Å². The van der Waals surface area contributed by atoms with Crippen LogP contribution in [0.5, 0.6) is 0 Å². The van der Waals surface area contributed by atoms with Gasteiger partial charge in [-0.3, -0.25) is 10.1 Å². The van der Waals surface area contributed by atoms with Crippen molar-refractivity contribution in [3.05, 3.63) is 22.3 Å². The molecule has 0 aliphatic heterocycles. The third-order valence-corrected chi connectivity index (χ3v) is 3.89. The molecule has 0 radical (unpaired) electrons. The molecule has 122 valence electrons. The number of nitrogens with zero attached hydrogens (tertiary/aromatic N) is 1. The number of ether oxygens (including phenoxy) is 2. The highest BCUT2D eigenvalue weighted by molar-refractivity contribution is 4.97. The summed E-state index contributed by atoms with van der Waals surface area (Å²) in [5, 5.41) is 20.0. The van der Waals surface area contributed by atoms with Crippen LogP contribution in [0, 0.1) is 22.0 Å². The molecule has 1 aliphatic carbocycles. The van der Waals surface area contributed by atoms with Gasteiger partial charge in [0.15, 0.2) is 0 Å². The Kier molecular flexibility index (Phi) is 8.49. The number of hydrogen-bond donors (Lipinski definition) is 1. The summed E-state index contributed by atoms with van der Waals surface area (Å²) in [6.45, 7) is 2.02. The molecule has 0 aromatic carbocycles. The lowest BCUT2D eigenvalue weighted by Gasteiger charge is -2.10. The fraction of sp³-hybridized carbons (Fsp3) is 0.867. The van der Waals surface area contributed by atoms with Gasteiger partial charge in [-0.15, -0.1) is 0 Å². The zero-order valence-electron chi connectivity index (χ0n) is 12.9. The first-order valence-corrected chi connectivity index (χ1v) is 7.60. The first-order valence-electron chi connectivity index (χ1n) is 7.60. The van der Waals surface area contributed by atoms with Crippen LogP contribution >= 0.6 is 0 Å². The zero-order valence-corrected chi connectivity index (χ0v) is 12.9. The van der Waals surface area contributed by atoms with Gasteiger partial charge in [-0.05, 0) is 44.9 Å². The first kappa shape index (κ1) is 18.1. The van der Waals surface area contributed by atoms with E-state index in [4.69, 9.17) is 9.47 Å². The molecule has 6 nitrogen and oxygen atoms in total. The van der Waals surface area contributed by atoms with Crippen LogP contribution in [0.2, 0.25) is 0 Å². The number of methoxy groups -OCH3 is 1. The molecular weight excluding hydrogens is 274 g/mol. The van der Waals surface area contributed by atoms with Crippen LogP contribution in [0.25, 0.3) is 0 Å². The molecule has 0 aromatic heterocycles. The lowest BCUT2D eigenvalue weighted by atomic mass is 9.95. The van der Waals surface area contributed by atoms with Gasteiger partial charge >= 0.3 is 0 Å². The van der Waals surface area contributed by atoms with Crippen LogP contribution in [0.4, 0.5) is 0 Å².